The van der Waals surface area contributed by atoms with Crippen LogP contribution in [0.1, 0.15) is 47.5 Å². The first-order chi connectivity index (χ1) is 7.52. The summed E-state index contributed by atoms with van der Waals surface area (Å²) in [6.45, 7) is 11.1. The smallest absolute Gasteiger partial charge is 0.330 e. The van der Waals surface area contributed by atoms with Crippen molar-refractivity contribution in [3.8, 4) is 0 Å². The largest absolute Gasteiger partial charge is 0.463 e. The summed E-state index contributed by atoms with van der Waals surface area (Å²) in [6, 6.07) is 0. The molecule has 0 aromatic heterocycles. The number of rotatable bonds is 7. The fraction of sp³-hybridized carbons (Fsp3) is 0.786. The minimum Gasteiger partial charge on any atom is -0.463 e. The van der Waals surface area contributed by atoms with Crippen LogP contribution in [0.2, 0.25) is 0 Å². The van der Waals surface area contributed by atoms with E-state index in [0.717, 1.165) is 0 Å². The SMILES string of the molecule is CCCC(C)C(C=CC(=O)OCC)C(C)C. The second-order valence-corrected chi connectivity index (χ2v) is 4.70. The Morgan fingerprint density at radius 3 is 2.31 bits per heavy atom. The van der Waals surface area contributed by atoms with E-state index in [-0.39, 0.29) is 5.97 Å². The molecule has 0 aliphatic heterocycles. The minimum atomic E-state index is -0.225. The molecule has 0 saturated heterocycles. The van der Waals surface area contributed by atoms with Crippen LogP contribution in [0.25, 0.3) is 0 Å². The van der Waals surface area contributed by atoms with Crippen LogP contribution in [0.4, 0.5) is 0 Å². The Balaban J connectivity index is 4.38. The van der Waals surface area contributed by atoms with Gasteiger partial charge in [-0.3, -0.25) is 0 Å². The van der Waals surface area contributed by atoms with Crippen molar-refractivity contribution in [2.45, 2.75) is 47.5 Å². The van der Waals surface area contributed by atoms with Crippen molar-refractivity contribution < 1.29 is 9.53 Å². The molecule has 0 heterocycles. The summed E-state index contributed by atoms with van der Waals surface area (Å²) in [5.41, 5.74) is 0. The first-order valence-electron chi connectivity index (χ1n) is 6.37. The topological polar surface area (TPSA) is 26.3 Å². The standard InChI is InChI=1S/C14H26O2/c1-6-8-12(5)13(11(3)4)9-10-14(15)16-7-2/h9-13H,6-8H2,1-5H3. The molecule has 0 aliphatic rings. The highest BCUT2D eigenvalue weighted by Crippen LogP contribution is 2.25. The van der Waals surface area contributed by atoms with Crippen LogP contribution in [-0.2, 0) is 9.53 Å². The molecular weight excluding hydrogens is 200 g/mol. The average Bonchev–Trinajstić information content (AvgIpc) is 2.18. The van der Waals surface area contributed by atoms with Crippen molar-refractivity contribution >= 4 is 5.97 Å². The van der Waals surface area contributed by atoms with E-state index >= 15 is 0 Å². The summed E-state index contributed by atoms with van der Waals surface area (Å²) >= 11 is 0. The quantitative estimate of drug-likeness (QED) is 0.487. The number of hydrogen-bond acceptors (Lipinski definition) is 2. The summed E-state index contributed by atoms with van der Waals surface area (Å²) < 4.78 is 4.89. The predicted octanol–water partition coefficient (Wildman–Crippen LogP) is 3.81. The van der Waals surface area contributed by atoms with Gasteiger partial charge in [0.25, 0.3) is 0 Å². The molecule has 0 fully saturated rings. The Morgan fingerprint density at radius 2 is 1.88 bits per heavy atom. The van der Waals surface area contributed by atoms with Crippen LogP contribution >= 0.6 is 0 Å². The molecule has 0 aromatic carbocycles. The molecule has 0 N–H and O–H groups in total. The summed E-state index contributed by atoms with van der Waals surface area (Å²) in [5.74, 6) is 1.42. The molecule has 0 radical (unpaired) electrons. The van der Waals surface area contributed by atoms with Crippen molar-refractivity contribution in [1.82, 2.24) is 0 Å². The zero-order chi connectivity index (χ0) is 12.6. The highest BCUT2D eigenvalue weighted by atomic mass is 16.5. The highest BCUT2D eigenvalue weighted by molar-refractivity contribution is 5.81. The van der Waals surface area contributed by atoms with Gasteiger partial charge in [-0.05, 0) is 24.7 Å². The van der Waals surface area contributed by atoms with Crippen LogP contribution in [-0.4, -0.2) is 12.6 Å². The van der Waals surface area contributed by atoms with E-state index < -0.39 is 0 Å². The molecule has 2 atom stereocenters. The molecule has 16 heavy (non-hydrogen) atoms. The predicted molar refractivity (Wildman–Crippen MR) is 68.2 cm³/mol. The molecule has 2 unspecified atom stereocenters. The van der Waals surface area contributed by atoms with Gasteiger partial charge in [-0.2, -0.15) is 0 Å². The number of esters is 1. The third-order valence-corrected chi connectivity index (χ3v) is 2.91. The van der Waals surface area contributed by atoms with E-state index in [2.05, 4.69) is 27.7 Å². The minimum absolute atomic E-state index is 0.225. The molecule has 0 saturated carbocycles. The van der Waals surface area contributed by atoms with Crippen molar-refractivity contribution in [3.63, 3.8) is 0 Å². The normalized spacial score (nSPS) is 15.4. The lowest BCUT2D eigenvalue weighted by atomic mass is 9.82. The Morgan fingerprint density at radius 1 is 1.25 bits per heavy atom. The Bertz CT molecular complexity index is 219. The molecule has 0 aromatic rings. The Labute approximate surface area is 100 Å². The molecule has 2 heteroatoms. The molecule has 0 amide bonds. The summed E-state index contributed by atoms with van der Waals surface area (Å²) in [6.07, 6.45) is 6.00. The van der Waals surface area contributed by atoms with Crippen LogP contribution in [0.15, 0.2) is 12.2 Å². The van der Waals surface area contributed by atoms with Gasteiger partial charge in [0.15, 0.2) is 0 Å². The van der Waals surface area contributed by atoms with Crippen molar-refractivity contribution in [1.29, 1.82) is 0 Å². The van der Waals surface area contributed by atoms with E-state index in [1.807, 2.05) is 13.0 Å². The maximum Gasteiger partial charge on any atom is 0.330 e. The van der Waals surface area contributed by atoms with Gasteiger partial charge in [0.2, 0.25) is 0 Å². The molecule has 0 rings (SSSR count). The van der Waals surface area contributed by atoms with Gasteiger partial charge >= 0.3 is 5.97 Å². The molecular formula is C14H26O2. The Hall–Kier alpha value is -0.790. The van der Waals surface area contributed by atoms with Crippen molar-refractivity contribution in [2.75, 3.05) is 6.61 Å². The monoisotopic (exact) mass is 226 g/mol. The van der Waals surface area contributed by atoms with Crippen LogP contribution < -0.4 is 0 Å². The summed E-state index contributed by atoms with van der Waals surface area (Å²) in [4.78, 5) is 11.2. The lowest BCUT2D eigenvalue weighted by Crippen LogP contribution is -2.16. The van der Waals surface area contributed by atoms with Crippen LogP contribution in [0.3, 0.4) is 0 Å². The first-order valence-corrected chi connectivity index (χ1v) is 6.37. The van der Waals surface area contributed by atoms with E-state index in [1.54, 1.807) is 6.08 Å². The summed E-state index contributed by atoms with van der Waals surface area (Å²) in [7, 11) is 0. The second-order valence-electron chi connectivity index (χ2n) is 4.70. The maximum absolute atomic E-state index is 11.2. The lowest BCUT2D eigenvalue weighted by Gasteiger charge is -2.24. The third-order valence-electron chi connectivity index (χ3n) is 2.91. The number of carbonyl (C=O) groups excluding carboxylic acids is 1. The summed E-state index contributed by atoms with van der Waals surface area (Å²) in [5, 5.41) is 0. The third kappa shape index (κ3) is 5.94. The second kappa shape index (κ2) is 8.37. The highest BCUT2D eigenvalue weighted by Gasteiger charge is 2.17. The van der Waals surface area contributed by atoms with E-state index in [4.69, 9.17) is 4.74 Å². The molecule has 94 valence electrons. The van der Waals surface area contributed by atoms with Gasteiger partial charge in [-0.1, -0.05) is 46.6 Å². The van der Waals surface area contributed by atoms with Crippen molar-refractivity contribution in [2.24, 2.45) is 17.8 Å². The molecule has 0 aliphatic carbocycles. The zero-order valence-corrected chi connectivity index (χ0v) is 11.3. The fourth-order valence-electron chi connectivity index (χ4n) is 2.10. The lowest BCUT2D eigenvalue weighted by molar-refractivity contribution is -0.137. The molecule has 0 bridgehead atoms. The Kier molecular flexibility index (Phi) is 7.96. The van der Waals surface area contributed by atoms with Gasteiger partial charge in [0, 0.05) is 6.08 Å². The zero-order valence-electron chi connectivity index (χ0n) is 11.3. The van der Waals surface area contributed by atoms with Gasteiger partial charge < -0.3 is 4.74 Å². The van der Waals surface area contributed by atoms with Gasteiger partial charge in [0.05, 0.1) is 6.61 Å². The van der Waals surface area contributed by atoms with E-state index in [1.165, 1.54) is 12.8 Å². The number of carbonyl (C=O) groups is 1. The van der Waals surface area contributed by atoms with Crippen molar-refractivity contribution in [3.05, 3.63) is 12.2 Å². The fourth-order valence-corrected chi connectivity index (χ4v) is 2.10. The average molecular weight is 226 g/mol. The van der Waals surface area contributed by atoms with Gasteiger partial charge in [-0.25, -0.2) is 4.79 Å². The van der Waals surface area contributed by atoms with Crippen LogP contribution in [0, 0.1) is 17.8 Å². The number of ether oxygens (including phenoxy) is 1. The number of allylic oxidation sites excluding steroid dienone is 1. The van der Waals surface area contributed by atoms with E-state index in [0.29, 0.717) is 24.4 Å². The first kappa shape index (κ1) is 15.2. The molecule has 0 spiro atoms. The van der Waals surface area contributed by atoms with Gasteiger partial charge in [0.1, 0.15) is 0 Å². The maximum atomic E-state index is 11.2. The van der Waals surface area contributed by atoms with Gasteiger partial charge in [-0.15, -0.1) is 0 Å². The molecule has 2 nitrogen and oxygen atoms in total. The van der Waals surface area contributed by atoms with Crippen LogP contribution in [0.5, 0.6) is 0 Å². The van der Waals surface area contributed by atoms with E-state index in [9.17, 15) is 4.79 Å². The number of hydrogen-bond donors (Lipinski definition) is 0.